The van der Waals surface area contributed by atoms with Crippen LogP contribution in [-0.4, -0.2) is 59.5 Å². The summed E-state index contributed by atoms with van der Waals surface area (Å²) in [4.78, 5) is 40.5. The van der Waals surface area contributed by atoms with Crippen molar-refractivity contribution in [3.8, 4) is 0 Å². The van der Waals surface area contributed by atoms with Crippen LogP contribution in [0.25, 0.3) is 10.2 Å². The maximum Gasteiger partial charge on any atom is 0.348 e. The van der Waals surface area contributed by atoms with Crippen molar-refractivity contribution in [2.24, 2.45) is 11.8 Å². The van der Waals surface area contributed by atoms with Gasteiger partial charge in [-0.2, -0.15) is 0 Å². The van der Waals surface area contributed by atoms with Crippen molar-refractivity contribution in [3.63, 3.8) is 0 Å². The van der Waals surface area contributed by atoms with Gasteiger partial charge in [-0.25, -0.2) is 14.8 Å². The van der Waals surface area contributed by atoms with Crippen LogP contribution in [0.4, 0.5) is 5.82 Å². The van der Waals surface area contributed by atoms with Gasteiger partial charge in [-0.1, -0.05) is 6.92 Å². The number of anilines is 1. The quantitative estimate of drug-likeness (QED) is 0.665. The average molecular weight is 445 g/mol. The Kier molecular flexibility index (Phi) is 6.46. The molecular formula is C23H32N4O3S. The topological polar surface area (TPSA) is 75.6 Å². The van der Waals surface area contributed by atoms with Crippen LogP contribution in [0.5, 0.6) is 0 Å². The number of thiophene rings is 1. The minimum atomic E-state index is -0.299. The molecule has 2 aromatic rings. The number of likely N-dealkylation sites (tertiary alicyclic amines) is 1. The molecule has 2 aliphatic rings. The van der Waals surface area contributed by atoms with E-state index in [9.17, 15) is 9.59 Å². The third-order valence-electron chi connectivity index (χ3n) is 6.46. The Balaban J connectivity index is 1.53. The fraction of sp³-hybridized carbons (Fsp3) is 0.652. The van der Waals surface area contributed by atoms with Gasteiger partial charge in [-0.3, -0.25) is 4.79 Å². The zero-order valence-electron chi connectivity index (χ0n) is 18.9. The fourth-order valence-electron chi connectivity index (χ4n) is 4.83. The molecule has 0 bridgehead atoms. The van der Waals surface area contributed by atoms with Crippen LogP contribution in [0.15, 0.2) is 0 Å². The molecule has 4 heterocycles. The monoisotopic (exact) mass is 444 g/mol. The molecule has 0 radical (unpaired) electrons. The molecule has 2 fully saturated rings. The van der Waals surface area contributed by atoms with Crippen molar-refractivity contribution in [2.75, 3.05) is 37.7 Å². The molecular weight excluding hydrogens is 412 g/mol. The van der Waals surface area contributed by atoms with E-state index in [-0.39, 0.29) is 11.9 Å². The number of rotatable bonds is 4. The third kappa shape index (κ3) is 4.40. The molecule has 0 saturated carbocycles. The first-order chi connectivity index (χ1) is 14.9. The molecule has 8 heteroatoms. The van der Waals surface area contributed by atoms with Crippen molar-refractivity contribution >= 4 is 39.2 Å². The van der Waals surface area contributed by atoms with Gasteiger partial charge in [0.05, 0.1) is 12.0 Å². The van der Waals surface area contributed by atoms with Crippen molar-refractivity contribution in [3.05, 3.63) is 16.3 Å². The fourth-order valence-corrected chi connectivity index (χ4v) is 5.94. The number of aromatic nitrogens is 2. The second-order valence-corrected chi connectivity index (χ2v) is 9.84. The lowest BCUT2D eigenvalue weighted by atomic mass is 9.92. The van der Waals surface area contributed by atoms with Gasteiger partial charge in [0.2, 0.25) is 5.91 Å². The maximum atomic E-state index is 13.0. The third-order valence-corrected chi connectivity index (χ3v) is 7.62. The second kappa shape index (κ2) is 9.10. The largest absolute Gasteiger partial charge is 0.462 e. The molecule has 0 unspecified atom stereocenters. The molecule has 168 valence electrons. The zero-order valence-corrected chi connectivity index (χ0v) is 19.8. The van der Waals surface area contributed by atoms with Crippen molar-refractivity contribution in [1.29, 1.82) is 0 Å². The van der Waals surface area contributed by atoms with Crippen molar-refractivity contribution in [1.82, 2.24) is 14.9 Å². The predicted molar refractivity (Wildman–Crippen MR) is 123 cm³/mol. The Bertz CT molecular complexity index is 981. The van der Waals surface area contributed by atoms with Crippen molar-refractivity contribution < 1.29 is 14.3 Å². The van der Waals surface area contributed by atoms with Crippen LogP contribution in [0.3, 0.4) is 0 Å². The highest BCUT2D eigenvalue weighted by molar-refractivity contribution is 7.20. The van der Waals surface area contributed by atoms with Gasteiger partial charge in [0, 0.05) is 32.1 Å². The summed E-state index contributed by atoms with van der Waals surface area (Å²) in [5, 5.41) is 0.938. The molecule has 4 rings (SSSR count). The number of piperidine rings is 2. The van der Waals surface area contributed by atoms with E-state index in [0.29, 0.717) is 29.1 Å². The first-order valence-electron chi connectivity index (χ1n) is 11.4. The summed E-state index contributed by atoms with van der Waals surface area (Å²) >= 11 is 1.38. The first kappa shape index (κ1) is 22.0. The van der Waals surface area contributed by atoms with Gasteiger partial charge < -0.3 is 14.5 Å². The molecule has 1 amide bonds. The molecule has 1 atom stereocenters. The Labute approximate surface area is 187 Å². The van der Waals surface area contributed by atoms with E-state index < -0.39 is 0 Å². The summed E-state index contributed by atoms with van der Waals surface area (Å²) in [6, 6.07) is 0. The molecule has 2 aromatic heterocycles. The number of hydrogen-bond acceptors (Lipinski definition) is 7. The van der Waals surface area contributed by atoms with Crippen LogP contribution >= 0.6 is 11.3 Å². The van der Waals surface area contributed by atoms with Crippen LogP contribution in [0.2, 0.25) is 0 Å². The molecule has 0 N–H and O–H groups in total. The van der Waals surface area contributed by atoms with Crippen LogP contribution in [0.1, 0.15) is 60.6 Å². The van der Waals surface area contributed by atoms with E-state index in [1.54, 1.807) is 0 Å². The molecule has 0 aliphatic carbocycles. The van der Waals surface area contributed by atoms with E-state index in [4.69, 9.17) is 9.72 Å². The number of nitrogens with zero attached hydrogens (tertiary/aromatic N) is 4. The van der Waals surface area contributed by atoms with Crippen LogP contribution in [0, 0.1) is 25.7 Å². The average Bonchev–Trinajstić information content (AvgIpc) is 3.09. The molecule has 31 heavy (non-hydrogen) atoms. The normalized spacial score (nSPS) is 20.3. The Morgan fingerprint density at radius 3 is 2.55 bits per heavy atom. The number of fused-ring (bicyclic) bond motifs is 1. The summed E-state index contributed by atoms with van der Waals surface area (Å²) in [5.74, 6) is 2.30. The molecule has 7 nitrogen and oxygen atoms in total. The highest BCUT2D eigenvalue weighted by Crippen LogP contribution is 2.37. The molecule has 2 aliphatic heterocycles. The summed E-state index contributed by atoms with van der Waals surface area (Å²) in [6.07, 6.45) is 4.01. The van der Waals surface area contributed by atoms with Gasteiger partial charge in [0.1, 0.15) is 21.3 Å². The maximum absolute atomic E-state index is 13.0. The van der Waals surface area contributed by atoms with E-state index in [2.05, 4.69) is 21.7 Å². The highest BCUT2D eigenvalue weighted by Gasteiger charge is 2.32. The number of esters is 1. The second-order valence-electron chi connectivity index (χ2n) is 8.84. The zero-order chi connectivity index (χ0) is 22.1. The lowest BCUT2D eigenvalue weighted by molar-refractivity contribution is -0.137. The van der Waals surface area contributed by atoms with E-state index in [0.717, 1.165) is 67.0 Å². The standard InChI is InChI=1S/C23H32N4O3S/c1-5-30-23(29)19-15(3)18-20(24-16(4)25-21(18)31-19)26-11-8-17(9-12-26)22(28)27-10-6-7-14(2)13-27/h14,17H,5-13H2,1-4H3/t14-/m1/s1. The summed E-state index contributed by atoms with van der Waals surface area (Å²) < 4.78 is 5.23. The molecule has 0 aromatic carbocycles. The van der Waals surface area contributed by atoms with E-state index in [1.807, 2.05) is 20.8 Å². The lowest BCUT2D eigenvalue weighted by Crippen LogP contribution is -2.46. The summed E-state index contributed by atoms with van der Waals surface area (Å²) in [7, 11) is 0. The predicted octanol–water partition coefficient (Wildman–Crippen LogP) is 3.96. The number of aryl methyl sites for hydroxylation is 2. The van der Waals surface area contributed by atoms with Crippen LogP contribution in [-0.2, 0) is 9.53 Å². The minimum absolute atomic E-state index is 0.0960. The highest BCUT2D eigenvalue weighted by atomic mass is 32.1. The minimum Gasteiger partial charge on any atom is -0.462 e. The Morgan fingerprint density at radius 2 is 1.87 bits per heavy atom. The SMILES string of the molecule is CCOC(=O)c1sc2nc(C)nc(N3CCC(C(=O)N4CCC[C@@H](C)C4)CC3)c2c1C. The molecule has 0 spiro atoms. The summed E-state index contributed by atoms with van der Waals surface area (Å²) in [6.45, 7) is 11.6. The van der Waals surface area contributed by atoms with Crippen molar-refractivity contribution in [2.45, 2.75) is 53.4 Å². The molecule has 2 saturated heterocycles. The number of ether oxygens (including phenoxy) is 1. The lowest BCUT2D eigenvalue weighted by Gasteiger charge is -2.37. The number of carbonyl (C=O) groups excluding carboxylic acids is 2. The Hall–Kier alpha value is -2.22. The summed E-state index contributed by atoms with van der Waals surface area (Å²) in [5.41, 5.74) is 0.883. The smallest absolute Gasteiger partial charge is 0.348 e. The van der Waals surface area contributed by atoms with E-state index >= 15 is 0 Å². The first-order valence-corrected chi connectivity index (χ1v) is 12.2. The van der Waals surface area contributed by atoms with Gasteiger partial charge in [-0.15, -0.1) is 11.3 Å². The number of hydrogen-bond donors (Lipinski definition) is 0. The van der Waals surface area contributed by atoms with Crippen LogP contribution < -0.4 is 4.90 Å². The van der Waals surface area contributed by atoms with Gasteiger partial charge in [-0.05, 0) is 57.9 Å². The van der Waals surface area contributed by atoms with Gasteiger partial charge in [0.25, 0.3) is 0 Å². The van der Waals surface area contributed by atoms with E-state index in [1.165, 1.54) is 17.8 Å². The van der Waals surface area contributed by atoms with Gasteiger partial charge in [0.15, 0.2) is 0 Å². The number of amides is 1. The number of carbonyl (C=O) groups is 2. The van der Waals surface area contributed by atoms with Gasteiger partial charge >= 0.3 is 5.97 Å². The Morgan fingerprint density at radius 1 is 1.13 bits per heavy atom.